The molecule has 4 heteroatoms. The van der Waals surface area contributed by atoms with Crippen molar-refractivity contribution in [1.82, 2.24) is 5.32 Å². The van der Waals surface area contributed by atoms with Gasteiger partial charge in [-0.25, -0.2) is 4.39 Å². The van der Waals surface area contributed by atoms with Gasteiger partial charge in [-0.3, -0.25) is 4.79 Å². The molecule has 1 aliphatic carbocycles. The molecule has 0 aromatic heterocycles. The standard InChI is InChI=1S/C16H22FNOS/c1-11-4-3-5-15(12(11)2)18-16(19)10-20-14-8-6-13(17)7-9-14/h6-9,11-12,15H,3-5,10H2,1-2H3,(H,18,19)/t11-,12-,15-/m1/s1. The second kappa shape index (κ2) is 7.11. The average molecular weight is 295 g/mol. The van der Waals surface area contributed by atoms with Crippen LogP contribution in [0, 0.1) is 17.7 Å². The third-order valence-electron chi connectivity index (χ3n) is 4.24. The molecule has 1 aromatic rings. The smallest absolute Gasteiger partial charge is 0.230 e. The summed E-state index contributed by atoms with van der Waals surface area (Å²) in [5, 5.41) is 3.15. The summed E-state index contributed by atoms with van der Waals surface area (Å²) in [6.45, 7) is 4.48. The van der Waals surface area contributed by atoms with Crippen molar-refractivity contribution in [3.8, 4) is 0 Å². The SMILES string of the molecule is C[C@@H]1[C@H](C)CCC[C@H]1NC(=O)CSc1ccc(F)cc1. The van der Waals surface area contributed by atoms with Crippen LogP contribution in [0.4, 0.5) is 4.39 Å². The van der Waals surface area contributed by atoms with E-state index in [2.05, 4.69) is 19.2 Å². The van der Waals surface area contributed by atoms with Crippen LogP contribution >= 0.6 is 11.8 Å². The summed E-state index contributed by atoms with van der Waals surface area (Å²) in [6, 6.07) is 6.56. The van der Waals surface area contributed by atoms with Crippen LogP contribution in [0.15, 0.2) is 29.2 Å². The molecule has 3 atom stereocenters. The first-order valence-corrected chi connectivity index (χ1v) is 8.22. The van der Waals surface area contributed by atoms with E-state index >= 15 is 0 Å². The molecular formula is C16H22FNOS. The lowest BCUT2D eigenvalue weighted by molar-refractivity contribution is -0.119. The highest BCUT2D eigenvalue weighted by Crippen LogP contribution is 2.29. The van der Waals surface area contributed by atoms with E-state index in [0.717, 1.165) is 11.3 Å². The van der Waals surface area contributed by atoms with Crippen LogP contribution in [0.1, 0.15) is 33.1 Å². The Morgan fingerprint density at radius 1 is 1.30 bits per heavy atom. The van der Waals surface area contributed by atoms with Crippen molar-refractivity contribution in [2.24, 2.45) is 11.8 Å². The number of halogens is 1. The molecule has 1 N–H and O–H groups in total. The number of nitrogens with one attached hydrogen (secondary N) is 1. The minimum atomic E-state index is -0.246. The maximum Gasteiger partial charge on any atom is 0.230 e. The normalized spacial score (nSPS) is 26.2. The fraction of sp³-hybridized carbons (Fsp3) is 0.562. The van der Waals surface area contributed by atoms with Gasteiger partial charge in [0.05, 0.1) is 5.75 Å². The van der Waals surface area contributed by atoms with Crippen LogP contribution in [-0.2, 0) is 4.79 Å². The van der Waals surface area contributed by atoms with Crippen molar-refractivity contribution in [3.63, 3.8) is 0 Å². The molecule has 0 heterocycles. The van der Waals surface area contributed by atoms with E-state index in [9.17, 15) is 9.18 Å². The molecule has 0 bridgehead atoms. The molecule has 1 saturated carbocycles. The van der Waals surface area contributed by atoms with Gasteiger partial charge in [-0.1, -0.05) is 26.7 Å². The summed E-state index contributed by atoms with van der Waals surface area (Å²) < 4.78 is 12.8. The monoisotopic (exact) mass is 295 g/mol. The summed E-state index contributed by atoms with van der Waals surface area (Å²) in [5.74, 6) is 1.44. The van der Waals surface area contributed by atoms with Gasteiger partial charge in [0.25, 0.3) is 0 Å². The fourth-order valence-corrected chi connectivity index (χ4v) is 3.42. The molecule has 110 valence electrons. The molecular weight excluding hydrogens is 273 g/mol. The Bertz CT molecular complexity index is 448. The zero-order valence-electron chi connectivity index (χ0n) is 12.1. The van der Waals surface area contributed by atoms with Gasteiger partial charge < -0.3 is 5.32 Å². The molecule has 2 nitrogen and oxygen atoms in total. The van der Waals surface area contributed by atoms with Gasteiger partial charge in [-0.05, 0) is 42.5 Å². The molecule has 0 radical (unpaired) electrons. The van der Waals surface area contributed by atoms with Gasteiger partial charge in [0.15, 0.2) is 0 Å². The van der Waals surface area contributed by atoms with Crippen molar-refractivity contribution >= 4 is 17.7 Å². The molecule has 2 rings (SSSR count). The highest BCUT2D eigenvalue weighted by atomic mass is 32.2. The number of rotatable bonds is 4. The van der Waals surface area contributed by atoms with Crippen LogP contribution in [0.3, 0.4) is 0 Å². The second-order valence-corrected chi connectivity index (χ2v) is 6.73. The van der Waals surface area contributed by atoms with Crippen molar-refractivity contribution in [3.05, 3.63) is 30.1 Å². The molecule has 0 unspecified atom stereocenters. The largest absolute Gasteiger partial charge is 0.352 e. The van der Waals surface area contributed by atoms with Gasteiger partial charge in [0.2, 0.25) is 5.91 Å². The van der Waals surface area contributed by atoms with E-state index in [1.54, 1.807) is 12.1 Å². The van der Waals surface area contributed by atoms with Crippen LogP contribution in [0.5, 0.6) is 0 Å². The minimum absolute atomic E-state index is 0.0743. The summed E-state index contributed by atoms with van der Waals surface area (Å²) in [4.78, 5) is 12.9. The Hall–Kier alpha value is -1.03. The summed E-state index contributed by atoms with van der Waals surface area (Å²) in [7, 11) is 0. The zero-order valence-corrected chi connectivity index (χ0v) is 12.9. The molecule has 1 amide bonds. The van der Waals surface area contributed by atoms with Gasteiger partial charge in [-0.15, -0.1) is 11.8 Å². The molecule has 0 aliphatic heterocycles. The van der Waals surface area contributed by atoms with Crippen molar-refractivity contribution < 1.29 is 9.18 Å². The molecule has 1 fully saturated rings. The Morgan fingerprint density at radius 2 is 2.00 bits per heavy atom. The highest BCUT2D eigenvalue weighted by molar-refractivity contribution is 8.00. The lowest BCUT2D eigenvalue weighted by Crippen LogP contribution is -2.44. The van der Waals surface area contributed by atoms with Crippen LogP contribution < -0.4 is 5.32 Å². The van der Waals surface area contributed by atoms with E-state index in [-0.39, 0.29) is 11.7 Å². The average Bonchev–Trinajstić information content (AvgIpc) is 2.43. The topological polar surface area (TPSA) is 29.1 Å². The van der Waals surface area contributed by atoms with E-state index < -0.39 is 0 Å². The summed E-state index contributed by atoms with van der Waals surface area (Å²) in [6.07, 6.45) is 3.54. The predicted octanol–water partition coefficient (Wildman–Crippen LogP) is 3.86. The number of hydrogen-bond acceptors (Lipinski definition) is 2. The number of thioether (sulfide) groups is 1. The third-order valence-corrected chi connectivity index (χ3v) is 5.25. The highest BCUT2D eigenvalue weighted by Gasteiger charge is 2.27. The van der Waals surface area contributed by atoms with Gasteiger partial charge in [0, 0.05) is 10.9 Å². The lowest BCUT2D eigenvalue weighted by atomic mass is 9.78. The van der Waals surface area contributed by atoms with Crippen molar-refractivity contribution in [2.45, 2.75) is 44.0 Å². The molecule has 20 heavy (non-hydrogen) atoms. The first-order valence-electron chi connectivity index (χ1n) is 7.24. The molecule has 1 aromatic carbocycles. The first kappa shape index (κ1) is 15.4. The van der Waals surface area contributed by atoms with Gasteiger partial charge in [0.1, 0.15) is 5.82 Å². The van der Waals surface area contributed by atoms with Crippen LogP contribution in [0.2, 0.25) is 0 Å². The molecule has 0 saturated heterocycles. The molecule has 0 spiro atoms. The van der Waals surface area contributed by atoms with Gasteiger partial charge in [-0.2, -0.15) is 0 Å². The second-order valence-electron chi connectivity index (χ2n) is 5.68. The van der Waals surface area contributed by atoms with Crippen molar-refractivity contribution in [1.29, 1.82) is 0 Å². The van der Waals surface area contributed by atoms with E-state index in [1.165, 1.54) is 36.7 Å². The Morgan fingerprint density at radius 3 is 2.70 bits per heavy atom. The Kier molecular flexibility index (Phi) is 5.46. The van der Waals surface area contributed by atoms with Crippen LogP contribution in [0.25, 0.3) is 0 Å². The minimum Gasteiger partial charge on any atom is -0.352 e. The lowest BCUT2D eigenvalue weighted by Gasteiger charge is -2.34. The number of amides is 1. The summed E-state index contributed by atoms with van der Waals surface area (Å²) >= 11 is 1.45. The zero-order chi connectivity index (χ0) is 14.5. The van der Waals surface area contributed by atoms with Crippen LogP contribution in [-0.4, -0.2) is 17.7 Å². The van der Waals surface area contributed by atoms with E-state index in [0.29, 0.717) is 23.6 Å². The maximum absolute atomic E-state index is 12.8. The predicted molar refractivity (Wildman–Crippen MR) is 81.2 cm³/mol. The molecule has 1 aliphatic rings. The number of carbonyl (C=O) groups is 1. The first-order chi connectivity index (χ1) is 9.56. The fourth-order valence-electron chi connectivity index (χ4n) is 2.71. The van der Waals surface area contributed by atoms with Gasteiger partial charge >= 0.3 is 0 Å². The van der Waals surface area contributed by atoms with E-state index in [1.807, 2.05) is 0 Å². The number of benzene rings is 1. The third kappa shape index (κ3) is 4.23. The number of hydrogen-bond donors (Lipinski definition) is 1. The summed E-state index contributed by atoms with van der Waals surface area (Å²) in [5.41, 5.74) is 0. The van der Waals surface area contributed by atoms with Crippen molar-refractivity contribution in [2.75, 3.05) is 5.75 Å². The quantitative estimate of drug-likeness (QED) is 0.855. The number of carbonyl (C=O) groups excluding carboxylic acids is 1. The maximum atomic E-state index is 12.8. The Labute approximate surface area is 124 Å². The van der Waals surface area contributed by atoms with E-state index in [4.69, 9.17) is 0 Å². The Balaban J connectivity index is 1.79.